The summed E-state index contributed by atoms with van der Waals surface area (Å²) < 4.78 is 16.2. The summed E-state index contributed by atoms with van der Waals surface area (Å²) in [6.45, 7) is 3.93. The van der Waals surface area contributed by atoms with Crippen LogP contribution in [0.3, 0.4) is 0 Å². The van der Waals surface area contributed by atoms with E-state index in [2.05, 4.69) is 25.5 Å². The second kappa shape index (κ2) is 9.31. The molecule has 1 aliphatic rings. The summed E-state index contributed by atoms with van der Waals surface area (Å²) in [6.07, 6.45) is 1.45. The molecule has 0 bridgehead atoms. The van der Waals surface area contributed by atoms with Crippen LogP contribution in [0.2, 0.25) is 0 Å². The summed E-state index contributed by atoms with van der Waals surface area (Å²) in [5.74, 6) is -1.11. The molecule has 12 heteroatoms. The molecule has 6 rings (SSSR count). The van der Waals surface area contributed by atoms with Gasteiger partial charge in [0.1, 0.15) is 17.0 Å². The first-order chi connectivity index (χ1) is 18.8. The Hall–Kier alpha value is -5.13. The van der Waals surface area contributed by atoms with Crippen LogP contribution in [0.5, 0.6) is 0 Å². The molecular formula is C27H23FN8O3. The number of benzene rings is 2. The van der Waals surface area contributed by atoms with Gasteiger partial charge in [0, 0.05) is 24.7 Å². The van der Waals surface area contributed by atoms with E-state index in [0.717, 1.165) is 11.3 Å². The highest BCUT2D eigenvalue weighted by molar-refractivity contribution is 6.03. The maximum atomic E-state index is 13.4. The number of amides is 2. The molecule has 1 aliphatic heterocycles. The standard InChI is InChI=1S/C27H23FN8O3/c1-15-4-3-5-20(10-15)34-14-17(12-23(34)37)25(38)30-22-11-16(2)33-36(22)27-31-24-21(26(39)32-27)13-29-35(24)19-8-6-18(28)7-9-19/h3-11,13,17H,12,14H2,1-2H3,(H,30,38)(H,31,32,39). The SMILES string of the molecule is Cc1cccc(N2CC(C(=O)Nc3cc(C)nn3-c3nc4c(cnn4-c4ccc(F)cc4)c(=O)[nH]3)CC2=O)c1. The minimum Gasteiger partial charge on any atom is -0.312 e. The van der Waals surface area contributed by atoms with E-state index >= 15 is 0 Å². The van der Waals surface area contributed by atoms with E-state index in [1.165, 1.54) is 39.8 Å². The molecule has 5 aromatic rings. The Kier molecular flexibility index (Phi) is 5.78. The Morgan fingerprint density at radius 2 is 1.85 bits per heavy atom. The van der Waals surface area contributed by atoms with E-state index in [1.54, 1.807) is 17.9 Å². The van der Waals surface area contributed by atoms with Crippen molar-refractivity contribution in [2.75, 3.05) is 16.8 Å². The molecule has 1 saturated heterocycles. The fourth-order valence-corrected chi connectivity index (χ4v) is 4.69. The van der Waals surface area contributed by atoms with E-state index < -0.39 is 17.3 Å². The van der Waals surface area contributed by atoms with Crippen LogP contribution in [0.15, 0.2) is 65.6 Å². The molecule has 0 saturated carbocycles. The number of H-pyrrole nitrogens is 1. The van der Waals surface area contributed by atoms with Crippen molar-refractivity contribution in [3.8, 4) is 11.6 Å². The molecule has 0 aliphatic carbocycles. The van der Waals surface area contributed by atoms with Gasteiger partial charge in [-0.1, -0.05) is 12.1 Å². The third-order valence-electron chi connectivity index (χ3n) is 6.59. The molecular weight excluding hydrogens is 503 g/mol. The average Bonchev–Trinajstić information content (AvgIpc) is 3.61. The largest absolute Gasteiger partial charge is 0.312 e. The average molecular weight is 527 g/mol. The lowest BCUT2D eigenvalue weighted by molar-refractivity contribution is -0.122. The zero-order valence-corrected chi connectivity index (χ0v) is 21.1. The minimum atomic E-state index is -0.573. The minimum absolute atomic E-state index is 0.0589. The van der Waals surface area contributed by atoms with Crippen LogP contribution in [0.4, 0.5) is 15.9 Å². The van der Waals surface area contributed by atoms with Crippen molar-refractivity contribution in [3.05, 3.63) is 88.2 Å². The summed E-state index contributed by atoms with van der Waals surface area (Å²) in [4.78, 5) is 47.7. The van der Waals surface area contributed by atoms with Gasteiger partial charge < -0.3 is 10.2 Å². The highest BCUT2D eigenvalue weighted by Gasteiger charge is 2.35. The van der Waals surface area contributed by atoms with Gasteiger partial charge in [-0.3, -0.25) is 19.4 Å². The predicted molar refractivity (Wildman–Crippen MR) is 142 cm³/mol. The van der Waals surface area contributed by atoms with E-state index in [4.69, 9.17) is 0 Å². The van der Waals surface area contributed by atoms with Gasteiger partial charge in [-0.15, -0.1) is 0 Å². The van der Waals surface area contributed by atoms with Crippen LogP contribution < -0.4 is 15.8 Å². The van der Waals surface area contributed by atoms with E-state index in [0.29, 0.717) is 11.4 Å². The van der Waals surface area contributed by atoms with Crippen molar-refractivity contribution in [2.24, 2.45) is 5.92 Å². The van der Waals surface area contributed by atoms with E-state index in [-0.39, 0.29) is 47.6 Å². The highest BCUT2D eigenvalue weighted by Crippen LogP contribution is 2.27. The Morgan fingerprint density at radius 1 is 1.05 bits per heavy atom. The Balaban J connectivity index is 1.30. The number of hydrogen-bond donors (Lipinski definition) is 2. The number of carbonyl (C=O) groups is 2. The summed E-state index contributed by atoms with van der Waals surface area (Å²) >= 11 is 0. The fraction of sp³-hybridized carbons (Fsp3) is 0.185. The molecule has 2 N–H and O–H groups in total. The van der Waals surface area contributed by atoms with Gasteiger partial charge in [0.15, 0.2) is 5.65 Å². The first-order valence-corrected chi connectivity index (χ1v) is 12.3. The maximum Gasteiger partial charge on any atom is 0.263 e. The summed E-state index contributed by atoms with van der Waals surface area (Å²) in [5, 5.41) is 11.7. The summed E-state index contributed by atoms with van der Waals surface area (Å²) in [7, 11) is 0. The fourth-order valence-electron chi connectivity index (χ4n) is 4.69. The number of rotatable bonds is 5. The van der Waals surface area contributed by atoms with Crippen molar-refractivity contribution in [3.63, 3.8) is 0 Å². The number of hydrogen-bond acceptors (Lipinski definition) is 6. The highest BCUT2D eigenvalue weighted by atomic mass is 19.1. The van der Waals surface area contributed by atoms with Crippen LogP contribution in [-0.2, 0) is 9.59 Å². The summed E-state index contributed by atoms with van der Waals surface area (Å²) in [6, 6.07) is 14.8. The van der Waals surface area contributed by atoms with Crippen LogP contribution >= 0.6 is 0 Å². The van der Waals surface area contributed by atoms with Crippen molar-refractivity contribution in [1.29, 1.82) is 0 Å². The van der Waals surface area contributed by atoms with Gasteiger partial charge in [-0.25, -0.2) is 9.07 Å². The number of nitrogens with zero attached hydrogens (tertiary/aromatic N) is 6. The monoisotopic (exact) mass is 526 g/mol. The van der Waals surface area contributed by atoms with Gasteiger partial charge in [-0.2, -0.15) is 19.9 Å². The van der Waals surface area contributed by atoms with Crippen molar-refractivity contribution < 1.29 is 14.0 Å². The molecule has 1 atom stereocenters. The van der Waals surface area contributed by atoms with Gasteiger partial charge in [0.25, 0.3) is 5.56 Å². The summed E-state index contributed by atoms with van der Waals surface area (Å²) in [5.41, 5.74) is 2.65. The number of fused-ring (bicyclic) bond motifs is 1. The normalized spacial score (nSPS) is 15.3. The number of nitrogens with one attached hydrogen (secondary N) is 2. The smallest absolute Gasteiger partial charge is 0.263 e. The van der Waals surface area contributed by atoms with E-state index in [9.17, 15) is 18.8 Å². The molecule has 3 aromatic heterocycles. The topological polar surface area (TPSA) is 131 Å². The molecule has 196 valence electrons. The van der Waals surface area contributed by atoms with Gasteiger partial charge in [0.05, 0.1) is 23.5 Å². The van der Waals surface area contributed by atoms with E-state index in [1.807, 2.05) is 31.2 Å². The number of aromatic nitrogens is 6. The third kappa shape index (κ3) is 4.45. The quantitative estimate of drug-likeness (QED) is 0.362. The second-order valence-corrected chi connectivity index (χ2v) is 9.48. The number of halogens is 1. The molecule has 2 amide bonds. The van der Waals surface area contributed by atoms with Gasteiger partial charge >= 0.3 is 0 Å². The first kappa shape index (κ1) is 24.2. The van der Waals surface area contributed by atoms with Crippen LogP contribution in [0, 0.1) is 25.6 Å². The van der Waals surface area contributed by atoms with Gasteiger partial charge in [-0.05, 0) is 55.8 Å². The number of aryl methyl sites for hydroxylation is 2. The lowest BCUT2D eigenvalue weighted by atomic mass is 10.1. The first-order valence-electron chi connectivity index (χ1n) is 12.3. The number of aromatic amines is 1. The van der Waals surface area contributed by atoms with Crippen molar-refractivity contribution in [1.82, 2.24) is 29.5 Å². The predicted octanol–water partition coefficient (Wildman–Crippen LogP) is 3.04. The van der Waals surface area contributed by atoms with Crippen LogP contribution in [-0.4, -0.2) is 47.9 Å². The Morgan fingerprint density at radius 3 is 2.62 bits per heavy atom. The molecule has 1 fully saturated rings. The van der Waals surface area contributed by atoms with Crippen molar-refractivity contribution >= 4 is 34.4 Å². The zero-order valence-electron chi connectivity index (χ0n) is 21.1. The number of carbonyl (C=O) groups excluding carboxylic acids is 2. The zero-order chi connectivity index (χ0) is 27.3. The molecule has 39 heavy (non-hydrogen) atoms. The number of anilines is 2. The molecule has 2 aromatic carbocycles. The van der Waals surface area contributed by atoms with Crippen molar-refractivity contribution in [2.45, 2.75) is 20.3 Å². The Bertz CT molecular complexity index is 1800. The molecule has 0 spiro atoms. The molecule has 0 radical (unpaired) electrons. The third-order valence-corrected chi connectivity index (χ3v) is 6.59. The van der Waals surface area contributed by atoms with Crippen LogP contribution in [0.1, 0.15) is 17.7 Å². The molecule has 4 heterocycles. The lowest BCUT2D eigenvalue weighted by Gasteiger charge is -2.17. The maximum absolute atomic E-state index is 13.4. The van der Waals surface area contributed by atoms with Gasteiger partial charge in [0.2, 0.25) is 17.8 Å². The lowest BCUT2D eigenvalue weighted by Crippen LogP contribution is -2.29. The molecule has 1 unspecified atom stereocenters. The Labute approximate surface area is 220 Å². The second-order valence-electron chi connectivity index (χ2n) is 9.48. The molecule has 11 nitrogen and oxygen atoms in total. The van der Waals surface area contributed by atoms with Crippen LogP contribution in [0.25, 0.3) is 22.7 Å².